The summed E-state index contributed by atoms with van der Waals surface area (Å²) >= 11 is 11.8. The molecule has 2 aromatic carbocycles. The summed E-state index contributed by atoms with van der Waals surface area (Å²) in [6.07, 6.45) is 3.43. The first kappa shape index (κ1) is 13.9. The third-order valence-electron chi connectivity index (χ3n) is 3.00. The Morgan fingerprint density at radius 2 is 1.81 bits per heavy atom. The number of nitrogens with zero attached hydrogens (tertiary/aromatic N) is 1. The quantitative estimate of drug-likeness (QED) is 0.761. The first-order chi connectivity index (χ1) is 10.1. The van der Waals surface area contributed by atoms with Crippen LogP contribution in [0.1, 0.15) is 11.3 Å². The number of nitrogens with one attached hydrogen (secondary N) is 1. The van der Waals surface area contributed by atoms with Crippen LogP contribution >= 0.6 is 23.2 Å². The molecular formula is C16H10Cl2N2O. The molecule has 0 aliphatic rings. The summed E-state index contributed by atoms with van der Waals surface area (Å²) in [4.78, 5) is 19.1. The number of hydrogen-bond donors (Lipinski definition) is 1. The number of H-pyrrole nitrogens is 1. The maximum atomic E-state index is 12.0. The van der Waals surface area contributed by atoms with Gasteiger partial charge in [-0.1, -0.05) is 47.5 Å². The first-order valence-corrected chi connectivity index (χ1v) is 7.01. The van der Waals surface area contributed by atoms with E-state index in [4.69, 9.17) is 23.2 Å². The summed E-state index contributed by atoms with van der Waals surface area (Å²) in [5, 5.41) is 0.967. The van der Waals surface area contributed by atoms with Crippen LogP contribution in [0.3, 0.4) is 0 Å². The van der Waals surface area contributed by atoms with E-state index >= 15 is 0 Å². The van der Waals surface area contributed by atoms with E-state index in [0.29, 0.717) is 21.3 Å². The summed E-state index contributed by atoms with van der Waals surface area (Å²) in [5.74, 6) is 0. The average molecular weight is 317 g/mol. The van der Waals surface area contributed by atoms with Gasteiger partial charge in [0.2, 0.25) is 0 Å². The molecule has 0 aliphatic carbocycles. The molecule has 21 heavy (non-hydrogen) atoms. The van der Waals surface area contributed by atoms with E-state index in [9.17, 15) is 4.79 Å². The molecule has 3 nitrogen and oxygen atoms in total. The van der Waals surface area contributed by atoms with Crippen LogP contribution in [0.15, 0.2) is 47.3 Å². The molecule has 3 aromatic rings. The molecule has 0 fully saturated rings. The van der Waals surface area contributed by atoms with E-state index in [2.05, 4.69) is 9.97 Å². The molecule has 104 valence electrons. The summed E-state index contributed by atoms with van der Waals surface area (Å²) in [5.41, 5.74) is 2.42. The second-order valence-electron chi connectivity index (χ2n) is 4.48. The van der Waals surface area contributed by atoms with Crippen molar-refractivity contribution in [2.24, 2.45) is 0 Å². The van der Waals surface area contributed by atoms with Crippen LogP contribution in [0, 0.1) is 0 Å². The van der Waals surface area contributed by atoms with Crippen LogP contribution in [-0.4, -0.2) is 9.97 Å². The molecule has 0 atom stereocenters. The van der Waals surface area contributed by atoms with Gasteiger partial charge >= 0.3 is 0 Å². The fourth-order valence-electron chi connectivity index (χ4n) is 1.95. The molecule has 0 unspecified atom stereocenters. The van der Waals surface area contributed by atoms with Gasteiger partial charge in [0.05, 0.1) is 21.1 Å². The van der Waals surface area contributed by atoms with Crippen molar-refractivity contribution in [3.63, 3.8) is 0 Å². The summed E-state index contributed by atoms with van der Waals surface area (Å²) in [6.45, 7) is 0. The highest BCUT2D eigenvalue weighted by atomic mass is 35.5. The molecule has 5 heteroatoms. The van der Waals surface area contributed by atoms with E-state index < -0.39 is 0 Å². The molecule has 1 heterocycles. The van der Waals surface area contributed by atoms with Crippen LogP contribution < -0.4 is 5.56 Å². The molecule has 3 rings (SSSR count). The zero-order valence-electron chi connectivity index (χ0n) is 10.8. The highest BCUT2D eigenvalue weighted by molar-refractivity contribution is 6.42. The predicted molar refractivity (Wildman–Crippen MR) is 87.8 cm³/mol. The largest absolute Gasteiger partial charge is 0.319 e. The minimum absolute atomic E-state index is 0.231. The molecule has 0 bridgehead atoms. The van der Waals surface area contributed by atoms with Crippen molar-refractivity contribution in [2.45, 2.75) is 0 Å². The second kappa shape index (κ2) is 5.72. The zero-order chi connectivity index (χ0) is 14.8. The Balaban J connectivity index is 2.00. The van der Waals surface area contributed by atoms with Gasteiger partial charge in [-0.25, -0.2) is 4.98 Å². The highest BCUT2D eigenvalue weighted by Crippen LogP contribution is 2.23. The Morgan fingerprint density at radius 3 is 2.62 bits per heavy atom. The Hall–Kier alpha value is -2.10. The van der Waals surface area contributed by atoms with Crippen molar-refractivity contribution in [3.05, 3.63) is 74.1 Å². The second-order valence-corrected chi connectivity index (χ2v) is 5.29. The van der Waals surface area contributed by atoms with Crippen molar-refractivity contribution < 1.29 is 0 Å². The van der Waals surface area contributed by atoms with Crippen LogP contribution in [0.4, 0.5) is 0 Å². The number of hydrogen-bond acceptors (Lipinski definition) is 2. The van der Waals surface area contributed by atoms with Gasteiger partial charge in [0.15, 0.2) is 0 Å². The van der Waals surface area contributed by atoms with Crippen molar-refractivity contribution in [3.8, 4) is 0 Å². The molecule has 0 amide bonds. The Labute approximate surface area is 130 Å². The molecule has 0 spiro atoms. The Morgan fingerprint density at radius 1 is 1.00 bits per heavy atom. The smallest absolute Gasteiger partial charge is 0.274 e. The van der Waals surface area contributed by atoms with E-state index in [0.717, 1.165) is 11.1 Å². The summed E-state index contributed by atoms with van der Waals surface area (Å²) in [7, 11) is 0. The highest BCUT2D eigenvalue weighted by Gasteiger charge is 2.01. The Kier molecular flexibility index (Phi) is 3.78. The Bertz CT molecular complexity index is 900. The normalized spacial score (nSPS) is 11.3. The fourth-order valence-corrected chi connectivity index (χ4v) is 2.25. The van der Waals surface area contributed by atoms with Crippen LogP contribution in [0.2, 0.25) is 10.0 Å². The zero-order valence-corrected chi connectivity index (χ0v) is 12.3. The lowest BCUT2D eigenvalue weighted by atomic mass is 10.2. The molecule has 0 aliphatic heterocycles. The van der Waals surface area contributed by atoms with Gasteiger partial charge in [-0.15, -0.1) is 0 Å². The minimum Gasteiger partial charge on any atom is -0.319 e. The number of benzene rings is 2. The van der Waals surface area contributed by atoms with Crippen LogP contribution in [0.25, 0.3) is 23.2 Å². The standard InChI is InChI=1S/C16H10Cl2N2O/c17-11-7-5-10(9-12(11)18)6-8-15-16(21)20-14-4-2-1-3-13(14)19-15/h1-9H,(H,20,21). The number of fused-ring (bicyclic) bond motifs is 1. The monoisotopic (exact) mass is 316 g/mol. The first-order valence-electron chi connectivity index (χ1n) is 6.26. The van der Waals surface area contributed by atoms with Crippen molar-refractivity contribution in [2.75, 3.05) is 0 Å². The lowest BCUT2D eigenvalue weighted by molar-refractivity contribution is 1.19. The van der Waals surface area contributed by atoms with E-state index in [1.807, 2.05) is 30.3 Å². The topological polar surface area (TPSA) is 45.8 Å². The number of rotatable bonds is 2. The number of halogens is 2. The lowest BCUT2D eigenvalue weighted by Crippen LogP contribution is -2.11. The number of aromatic nitrogens is 2. The molecule has 0 saturated heterocycles. The molecule has 1 aromatic heterocycles. The van der Waals surface area contributed by atoms with Gasteiger partial charge in [0, 0.05) is 0 Å². The SMILES string of the molecule is O=c1[nH]c2ccccc2nc1C=Cc1ccc(Cl)c(Cl)c1. The molecule has 0 saturated carbocycles. The van der Waals surface area contributed by atoms with Crippen LogP contribution in [0.5, 0.6) is 0 Å². The average Bonchev–Trinajstić information content (AvgIpc) is 2.48. The van der Waals surface area contributed by atoms with E-state index in [1.54, 1.807) is 24.3 Å². The van der Waals surface area contributed by atoms with Gasteiger partial charge < -0.3 is 4.98 Å². The summed E-state index contributed by atoms with van der Waals surface area (Å²) < 4.78 is 0. The van der Waals surface area contributed by atoms with E-state index in [1.165, 1.54) is 0 Å². The number of para-hydroxylation sites is 2. The minimum atomic E-state index is -0.231. The maximum absolute atomic E-state index is 12.0. The van der Waals surface area contributed by atoms with Crippen molar-refractivity contribution >= 4 is 46.4 Å². The van der Waals surface area contributed by atoms with Gasteiger partial charge in [0.25, 0.3) is 5.56 Å². The fraction of sp³-hybridized carbons (Fsp3) is 0. The summed E-state index contributed by atoms with van der Waals surface area (Å²) in [6, 6.07) is 12.7. The van der Waals surface area contributed by atoms with Crippen LogP contribution in [-0.2, 0) is 0 Å². The van der Waals surface area contributed by atoms with Gasteiger partial charge in [-0.3, -0.25) is 4.79 Å². The van der Waals surface area contributed by atoms with Gasteiger partial charge in [-0.2, -0.15) is 0 Å². The van der Waals surface area contributed by atoms with Gasteiger partial charge in [0.1, 0.15) is 5.69 Å². The van der Waals surface area contributed by atoms with Crippen molar-refractivity contribution in [1.29, 1.82) is 0 Å². The third-order valence-corrected chi connectivity index (χ3v) is 3.74. The third kappa shape index (κ3) is 2.99. The van der Waals surface area contributed by atoms with E-state index in [-0.39, 0.29) is 5.56 Å². The maximum Gasteiger partial charge on any atom is 0.274 e. The molecular weight excluding hydrogens is 307 g/mol. The molecule has 1 N–H and O–H groups in total. The molecule has 0 radical (unpaired) electrons. The van der Waals surface area contributed by atoms with Gasteiger partial charge in [-0.05, 0) is 35.9 Å². The number of aromatic amines is 1. The van der Waals surface area contributed by atoms with Crippen molar-refractivity contribution in [1.82, 2.24) is 9.97 Å². The predicted octanol–water partition coefficient (Wildman–Crippen LogP) is 4.40. The lowest BCUT2D eigenvalue weighted by Gasteiger charge is -1.99.